The Kier molecular flexibility index (Phi) is 4.84. The molecule has 0 amide bonds. The van der Waals surface area contributed by atoms with Crippen molar-refractivity contribution in [2.45, 2.75) is 6.10 Å². The lowest BCUT2D eigenvalue weighted by molar-refractivity contribution is 0.151. The van der Waals surface area contributed by atoms with E-state index in [1.807, 2.05) is 18.2 Å². The molecule has 1 aromatic carbocycles. The van der Waals surface area contributed by atoms with Gasteiger partial charge in [-0.1, -0.05) is 6.07 Å². The summed E-state index contributed by atoms with van der Waals surface area (Å²) in [7, 11) is 0. The molecule has 5 heteroatoms. The minimum absolute atomic E-state index is 0.192. The molecular formula is C9H10Br2FNO. The number of aliphatic hydroxyl groups excluding tert-OH is 1. The molecule has 0 saturated carbocycles. The third kappa shape index (κ3) is 3.22. The second-order valence-corrected chi connectivity index (χ2v) is 4.49. The molecule has 1 atom stereocenters. The Labute approximate surface area is 98.8 Å². The zero-order valence-corrected chi connectivity index (χ0v) is 10.5. The maximum absolute atomic E-state index is 12.0. The van der Waals surface area contributed by atoms with Crippen LogP contribution in [0.5, 0.6) is 0 Å². The van der Waals surface area contributed by atoms with Crippen LogP contribution in [0.25, 0.3) is 0 Å². The van der Waals surface area contributed by atoms with Gasteiger partial charge in [-0.2, -0.15) is 0 Å². The smallest absolute Gasteiger partial charge is 0.117 e. The number of hydrogen-bond donors (Lipinski definition) is 2. The number of benzene rings is 1. The molecule has 0 fully saturated rings. The molecule has 2 N–H and O–H groups in total. The van der Waals surface area contributed by atoms with Crippen molar-refractivity contribution in [1.29, 1.82) is 0 Å². The van der Waals surface area contributed by atoms with Crippen LogP contribution in [0.3, 0.4) is 0 Å². The Morgan fingerprint density at radius 2 is 1.93 bits per heavy atom. The van der Waals surface area contributed by atoms with Crippen LogP contribution in [0.4, 0.5) is 10.1 Å². The molecule has 2 nitrogen and oxygen atoms in total. The summed E-state index contributed by atoms with van der Waals surface area (Å²) in [4.78, 5) is 0. The highest BCUT2D eigenvalue weighted by molar-refractivity contribution is 9.11. The van der Waals surface area contributed by atoms with E-state index in [1.165, 1.54) is 0 Å². The van der Waals surface area contributed by atoms with Gasteiger partial charge in [-0.05, 0) is 44.0 Å². The normalized spacial score (nSPS) is 12.6. The van der Waals surface area contributed by atoms with Gasteiger partial charge in [-0.3, -0.25) is 0 Å². The standard InChI is InChI=1S/C9H10Br2FNO/c10-7-2-1-3-8(11)9(7)13-5-6(14)4-12/h1-3,6,13-14H,4-5H2. The molecule has 0 aliphatic carbocycles. The van der Waals surface area contributed by atoms with E-state index >= 15 is 0 Å². The first-order chi connectivity index (χ1) is 6.65. The van der Waals surface area contributed by atoms with E-state index in [0.29, 0.717) is 0 Å². The summed E-state index contributed by atoms with van der Waals surface area (Å²) in [5.74, 6) is 0. The molecule has 0 aliphatic heterocycles. The highest BCUT2D eigenvalue weighted by Crippen LogP contribution is 2.30. The molecule has 0 aliphatic rings. The Hall–Kier alpha value is -0.130. The molecule has 0 heterocycles. The number of alkyl halides is 1. The van der Waals surface area contributed by atoms with Crippen molar-refractivity contribution in [3.8, 4) is 0 Å². The lowest BCUT2D eigenvalue weighted by Gasteiger charge is -2.12. The summed E-state index contributed by atoms with van der Waals surface area (Å²) in [6, 6.07) is 5.62. The van der Waals surface area contributed by atoms with Crippen molar-refractivity contribution in [3.05, 3.63) is 27.1 Å². The molecule has 0 bridgehead atoms. The number of para-hydroxylation sites is 1. The summed E-state index contributed by atoms with van der Waals surface area (Å²) in [6.45, 7) is -0.549. The van der Waals surface area contributed by atoms with E-state index in [-0.39, 0.29) is 6.54 Å². The van der Waals surface area contributed by atoms with Crippen LogP contribution in [0.1, 0.15) is 0 Å². The Balaban J connectivity index is 2.66. The van der Waals surface area contributed by atoms with Crippen molar-refractivity contribution in [2.75, 3.05) is 18.5 Å². The molecule has 1 unspecified atom stereocenters. The summed E-state index contributed by atoms with van der Waals surface area (Å²) >= 11 is 6.70. The van der Waals surface area contributed by atoms with E-state index in [4.69, 9.17) is 5.11 Å². The van der Waals surface area contributed by atoms with Gasteiger partial charge in [0, 0.05) is 15.5 Å². The zero-order valence-electron chi connectivity index (χ0n) is 7.30. The molecule has 14 heavy (non-hydrogen) atoms. The first-order valence-electron chi connectivity index (χ1n) is 4.07. The number of halogens is 3. The van der Waals surface area contributed by atoms with Gasteiger partial charge in [-0.15, -0.1) is 0 Å². The predicted molar refractivity (Wildman–Crippen MR) is 62.3 cm³/mol. The van der Waals surface area contributed by atoms with Gasteiger partial charge in [0.2, 0.25) is 0 Å². The average molecular weight is 327 g/mol. The molecular weight excluding hydrogens is 317 g/mol. The first kappa shape index (κ1) is 11.9. The Bertz CT molecular complexity index is 289. The molecule has 1 aromatic rings. The fourth-order valence-corrected chi connectivity index (χ4v) is 2.22. The topological polar surface area (TPSA) is 32.3 Å². The summed E-state index contributed by atoms with van der Waals surface area (Å²) in [5.41, 5.74) is 0.819. The van der Waals surface area contributed by atoms with E-state index in [1.54, 1.807) is 0 Å². The van der Waals surface area contributed by atoms with Crippen molar-refractivity contribution in [2.24, 2.45) is 0 Å². The third-order valence-corrected chi connectivity index (χ3v) is 2.98. The van der Waals surface area contributed by atoms with Gasteiger partial charge in [0.05, 0.1) is 11.8 Å². The van der Waals surface area contributed by atoms with Crippen molar-refractivity contribution < 1.29 is 9.50 Å². The first-order valence-corrected chi connectivity index (χ1v) is 5.65. The van der Waals surface area contributed by atoms with E-state index < -0.39 is 12.8 Å². The van der Waals surface area contributed by atoms with Gasteiger partial charge >= 0.3 is 0 Å². The van der Waals surface area contributed by atoms with E-state index in [0.717, 1.165) is 14.6 Å². The van der Waals surface area contributed by atoms with Crippen molar-refractivity contribution in [3.63, 3.8) is 0 Å². The Morgan fingerprint density at radius 1 is 1.36 bits per heavy atom. The molecule has 0 spiro atoms. The fraction of sp³-hybridized carbons (Fsp3) is 0.333. The lowest BCUT2D eigenvalue weighted by Crippen LogP contribution is -2.21. The van der Waals surface area contributed by atoms with Crippen LogP contribution in [0.2, 0.25) is 0 Å². The summed E-state index contributed by atoms with van der Waals surface area (Å²) < 4.78 is 13.7. The van der Waals surface area contributed by atoms with Crippen LogP contribution in [0, 0.1) is 0 Å². The number of rotatable bonds is 4. The summed E-state index contributed by atoms with van der Waals surface area (Å²) in [5, 5.41) is 12.0. The highest BCUT2D eigenvalue weighted by Gasteiger charge is 2.07. The molecule has 0 saturated heterocycles. The average Bonchev–Trinajstić information content (AvgIpc) is 2.16. The SMILES string of the molecule is OC(CF)CNc1c(Br)cccc1Br. The quantitative estimate of drug-likeness (QED) is 0.891. The molecule has 78 valence electrons. The van der Waals surface area contributed by atoms with E-state index in [9.17, 15) is 4.39 Å². The van der Waals surface area contributed by atoms with Gasteiger partial charge in [0.15, 0.2) is 0 Å². The van der Waals surface area contributed by atoms with Crippen molar-refractivity contribution in [1.82, 2.24) is 0 Å². The Morgan fingerprint density at radius 3 is 2.43 bits per heavy atom. The minimum Gasteiger partial charge on any atom is -0.389 e. The molecule has 1 rings (SSSR count). The third-order valence-electron chi connectivity index (χ3n) is 1.66. The largest absolute Gasteiger partial charge is 0.389 e. The fourth-order valence-electron chi connectivity index (χ4n) is 0.941. The maximum atomic E-state index is 12.0. The van der Waals surface area contributed by atoms with Crippen LogP contribution >= 0.6 is 31.9 Å². The van der Waals surface area contributed by atoms with Crippen molar-refractivity contribution >= 4 is 37.5 Å². The lowest BCUT2D eigenvalue weighted by atomic mass is 10.3. The van der Waals surface area contributed by atoms with Gasteiger partial charge < -0.3 is 10.4 Å². The van der Waals surface area contributed by atoms with Crippen LogP contribution in [0.15, 0.2) is 27.1 Å². The van der Waals surface area contributed by atoms with Gasteiger partial charge in [0.1, 0.15) is 6.67 Å². The molecule has 0 radical (unpaired) electrons. The monoisotopic (exact) mass is 325 g/mol. The van der Waals surface area contributed by atoms with Crippen LogP contribution in [-0.4, -0.2) is 24.4 Å². The minimum atomic E-state index is -0.964. The van der Waals surface area contributed by atoms with E-state index in [2.05, 4.69) is 37.2 Å². The predicted octanol–water partition coefficient (Wildman–Crippen LogP) is 2.95. The number of hydrogen-bond acceptors (Lipinski definition) is 2. The number of aliphatic hydroxyl groups is 1. The summed E-state index contributed by atoms with van der Waals surface area (Å²) in [6.07, 6.45) is -0.964. The van der Waals surface area contributed by atoms with Gasteiger partial charge in [0.25, 0.3) is 0 Å². The second-order valence-electron chi connectivity index (χ2n) is 2.79. The zero-order chi connectivity index (χ0) is 10.6. The number of nitrogens with one attached hydrogen (secondary N) is 1. The maximum Gasteiger partial charge on any atom is 0.117 e. The van der Waals surface area contributed by atoms with Gasteiger partial charge in [-0.25, -0.2) is 4.39 Å². The number of anilines is 1. The van der Waals surface area contributed by atoms with Crippen LogP contribution < -0.4 is 5.32 Å². The highest BCUT2D eigenvalue weighted by atomic mass is 79.9. The second kappa shape index (κ2) is 5.68. The molecule has 0 aromatic heterocycles. The van der Waals surface area contributed by atoms with Crippen LogP contribution in [-0.2, 0) is 0 Å².